The van der Waals surface area contributed by atoms with Gasteiger partial charge < -0.3 is 19.4 Å². The molecule has 0 saturated heterocycles. The lowest BCUT2D eigenvalue weighted by atomic mass is 10.2. The summed E-state index contributed by atoms with van der Waals surface area (Å²) in [6, 6.07) is 13.4. The van der Waals surface area contributed by atoms with E-state index in [4.69, 9.17) is 9.47 Å². The van der Waals surface area contributed by atoms with Crippen molar-refractivity contribution >= 4 is 23.4 Å². The van der Waals surface area contributed by atoms with Gasteiger partial charge in [0.15, 0.2) is 18.1 Å². The minimum atomic E-state index is -0.543. The standard InChI is InChI=1S/C23H25N5O5/c1-2-32-19-8-3-4-9-20(19)33-15-22(30)26-27-23(31)17-6-5-7-18(14-17)25-21(29)10-12-28-13-11-24-16-28/h3-9,11,13-14,16H,2,10,12,15H2,1H3,(H,25,29)(H,26,30)(H,27,31). The summed E-state index contributed by atoms with van der Waals surface area (Å²) in [6.07, 6.45) is 5.31. The summed E-state index contributed by atoms with van der Waals surface area (Å²) in [7, 11) is 0. The number of hydrazine groups is 1. The van der Waals surface area contributed by atoms with Crippen molar-refractivity contribution in [2.75, 3.05) is 18.5 Å². The van der Waals surface area contributed by atoms with Gasteiger partial charge in [-0.3, -0.25) is 25.2 Å². The van der Waals surface area contributed by atoms with Gasteiger partial charge in [-0.25, -0.2) is 4.98 Å². The fraction of sp³-hybridized carbons (Fsp3) is 0.217. The van der Waals surface area contributed by atoms with E-state index in [0.29, 0.717) is 30.3 Å². The number of para-hydroxylation sites is 2. The predicted octanol–water partition coefficient (Wildman–Crippen LogP) is 2.15. The molecule has 0 aliphatic carbocycles. The number of hydrogen-bond acceptors (Lipinski definition) is 6. The van der Waals surface area contributed by atoms with Crippen molar-refractivity contribution in [3.63, 3.8) is 0 Å². The Morgan fingerprint density at radius 1 is 0.970 bits per heavy atom. The van der Waals surface area contributed by atoms with Crippen LogP contribution in [0.1, 0.15) is 23.7 Å². The van der Waals surface area contributed by atoms with Gasteiger partial charge >= 0.3 is 0 Å². The zero-order valence-electron chi connectivity index (χ0n) is 18.1. The number of amides is 3. The number of carbonyl (C=O) groups excluding carboxylic acids is 3. The van der Waals surface area contributed by atoms with Crippen LogP contribution < -0.4 is 25.6 Å². The number of aromatic nitrogens is 2. The van der Waals surface area contributed by atoms with Crippen molar-refractivity contribution in [1.29, 1.82) is 0 Å². The average molecular weight is 451 g/mol. The molecule has 1 aromatic heterocycles. The second-order valence-corrected chi connectivity index (χ2v) is 6.85. The van der Waals surface area contributed by atoms with E-state index in [1.807, 2.05) is 6.92 Å². The van der Waals surface area contributed by atoms with E-state index >= 15 is 0 Å². The predicted molar refractivity (Wildman–Crippen MR) is 121 cm³/mol. The van der Waals surface area contributed by atoms with Gasteiger partial charge in [-0.1, -0.05) is 18.2 Å². The third kappa shape index (κ3) is 7.39. The first-order valence-electron chi connectivity index (χ1n) is 10.3. The minimum absolute atomic E-state index is 0.195. The molecule has 0 bridgehead atoms. The van der Waals surface area contributed by atoms with Gasteiger partial charge in [0.1, 0.15) is 0 Å². The van der Waals surface area contributed by atoms with Crippen LogP contribution in [-0.2, 0) is 16.1 Å². The molecule has 10 heteroatoms. The van der Waals surface area contributed by atoms with Crippen LogP contribution in [0.5, 0.6) is 11.5 Å². The maximum Gasteiger partial charge on any atom is 0.276 e. The largest absolute Gasteiger partial charge is 0.490 e. The molecule has 172 valence electrons. The number of ether oxygens (including phenoxy) is 2. The van der Waals surface area contributed by atoms with Crippen LogP contribution in [0, 0.1) is 0 Å². The quantitative estimate of drug-likeness (QED) is 0.406. The first kappa shape index (κ1) is 23.3. The molecule has 1 heterocycles. The molecule has 0 aliphatic rings. The van der Waals surface area contributed by atoms with E-state index in [2.05, 4.69) is 21.2 Å². The maximum absolute atomic E-state index is 12.4. The van der Waals surface area contributed by atoms with E-state index in [1.165, 1.54) is 6.07 Å². The number of rotatable bonds is 10. The third-order valence-corrected chi connectivity index (χ3v) is 4.39. The van der Waals surface area contributed by atoms with Gasteiger partial charge in [0.25, 0.3) is 11.8 Å². The molecule has 3 rings (SSSR count). The summed E-state index contributed by atoms with van der Waals surface area (Å²) in [4.78, 5) is 40.5. The van der Waals surface area contributed by atoms with Gasteiger partial charge in [0.2, 0.25) is 5.91 Å². The lowest BCUT2D eigenvalue weighted by molar-refractivity contribution is -0.123. The first-order valence-corrected chi connectivity index (χ1v) is 10.3. The summed E-state index contributed by atoms with van der Waals surface area (Å²) >= 11 is 0. The Morgan fingerprint density at radius 2 is 1.76 bits per heavy atom. The Labute approximate surface area is 190 Å². The van der Waals surface area contributed by atoms with Gasteiger partial charge in [-0.2, -0.15) is 0 Å². The van der Waals surface area contributed by atoms with E-state index in [9.17, 15) is 14.4 Å². The zero-order valence-corrected chi connectivity index (χ0v) is 18.1. The lowest BCUT2D eigenvalue weighted by Crippen LogP contribution is -2.43. The maximum atomic E-state index is 12.4. The molecule has 0 saturated carbocycles. The SMILES string of the molecule is CCOc1ccccc1OCC(=O)NNC(=O)c1cccc(NC(=O)CCn2ccnc2)c1. The van der Waals surface area contributed by atoms with Crippen molar-refractivity contribution in [1.82, 2.24) is 20.4 Å². The van der Waals surface area contributed by atoms with Crippen molar-refractivity contribution in [3.05, 3.63) is 72.8 Å². The van der Waals surface area contributed by atoms with E-state index in [0.717, 1.165) is 0 Å². The van der Waals surface area contributed by atoms with Crippen LogP contribution in [0.25, 0.3) is 0 Å². The highest BCUT2D eigenvalue weighted by Gasteiger charge is 2.11. The Balaban J connectivity index is 1.45. The molecule has 0 spiro atoms. The molecule has 10 nitrogen and oxygen atoms in total. The van der Waals surface area contributed by atoms with Gasteiger partial charge in [0, 0.05) is 36.6 Å². The third-order valence-electron chi connectivity index (χ3n) is 4.39. The Hall–Kier alpha value is -4.34. The highest BCUT2D eigenvalue weighted by Crippen LogP contribution is 2.26. The average Bonchev–Trinajstić information content (AvgIpc) is 3.35. The van der Waals surface area contributed by atoms with Crippen LogP contribution in [0.15, 0.2) is 67.3 Å². The molecule has 2 aromatic carbocycles. The normalized spacial score (nSPS) is 10.2. The molecule has 0 aliphatic heterocycles. The van der Waals surface area contributed by atoms with E-state index < -0.39 is 11.8 Å². The van der Waals surface area contributed by atoms with Crippen LogP contribution in [0.2, 0.25) is 0 Å². The molecule has 0 atom stereocenters. The van der Waals surface area contributed by atoms with Crippen LogP contribution in [0.4, 0.5) is 5.69 Å². The molecule has 33 heavy (non-hydrogen) atoms. The fourth-order valence-electron chi connectivity index (χ4n) is 2.83. The number of aryl methyl sites for hydroxylation is 1. The van der Waals surface area contributed by atoms with Gasteiger partial charge in [-0.05, 0) is 37.3 Å². The number of imidazole rings is 1. The summed E-state index contributed by atoms with van der Waals surface area (Å²) in [5, 5.41) is 2.75. The number of carbonyl (C=O) groups is 3. The molecule has 3 aromatic rings. The fourth-order valence-corrected chi connectivity index (χ4v) is 2.83. The highest BCUT2D eigenvalue weighted by atomic mass is 16.5. The summed E-state index contributed by atoms with van der Waals surface area (Å²) in [5.41, 5.74) is 5.37. The number of anilines is 1. The van der Waals surface area contributed by atoms with E-state index in [1.54, 1.807) is 65.8 Å². The van der Waals surface area contributed by atoms with Crippen LogP contribution in [0.3, 0.4) is 0 Å². The van der Waals surface area contributed by atoms with Crippen molar-refractivity contribution < 1.29 is 23.9 Å². The molecule has 0 radical (unpaired) electrons. The monoisotopic (exact) mass is 451 g/mol. The van der Waals surface area contributed by atoms with Crippen molar-refractivity contribution in [3.8, 4) is 11.5 Å². The molecule has 0 unspecified atom stereocenters. The number of nitrogens with zero attached hydrogens (tertiary/aromatic N) is 2. The Bertz CT molecular complexity index is 1080. The highest BCUT2D eigenvalue weighted by molar-refractivity contribution is 5.98. The molecular formula is C23H25N5O5. The summed E-state index contributed by atoms with van der Waals surface area (Å²) < 4.78 is 12.7. The van der Waals surface area contributed by atoms with Crippen molar-refractivity contribution in [2.24, 2.45) is 0 Å². The molecule has 3 amide bonds. The smallest absolute Gasteiger partial charge is 0.276 e. The van der Waals surface area contributed by atoms with Crippen molar-refractivity contribution in [2.45, 2.75) is 19.9 Å². The zero-order chi connectivity index (χ0) is 23.5. The minimum Gasteiger partial charge on any atom is -0.490 e. The Kier molecular flexibility index (Phi) is 8.41. The molecule has 0 fully saturated rings. The van der Waals surface area contributed by atoms with E-state index in [-0.39, 0.29) is 24.5 Å². The second kappa shape index (κ2) is 11.9. The van der Waals surface area contributed by atoms with Crippen LogP contribution >= 0.6 is 0 Å². The topological polar surface area (TPSA) is 124 Å². The molecule has 3 N–H and O–H groups in total. The summed E-state index contributed by atoms with van der Waals surface area (Å²) in [6.45, 7) is 2.50. The first-order chi connectivity index (χ1) is 16.0. The lowest BCUT2D eigenvalue weighted by Gasteiger charge is -2.12. The van der Waals surface area contributed by atoms with Crippen LogP contribution in [-0.4, -0.2) is 40.5 Å². The van der Waals surface area contributed by atoms with Gasteiger partial charge in [0.05, 0.1) is 12.9 Å². The number of hydrogen-bond donors (Lipinski definition) is 3. The second-order valence-electron chi connectivity index (χ2n) is 6.85. The molecular weight excluding hydrogens is 426 g/mol. The number of benzene rings is 2. The Morgan fingerprint density at radius 3 is 2.48 bits per heavy atom. The van der Waals surface area contributed by atoms with Gasteiger partial charge in [-0.15, -0.1) is 0 Å². The number of nitrogens with one attached hydrogen (secondary N) is 3. The summed E-state index contributed by atoms with van der Waals surface area (Å²) in [5.74, 6) is -0.316.